The van der Waals surface area contributed by atoms with E-state index in [0.717, 1.165) is 47.2 Å². The number of hydrogen-bond acceptors (Lipinski definition) is 12. The smallest absolute Gasteiger partial charge is 0.262 e. The van der Waals surface area contributed by atoms with Crippen molar-refractivity contribution in [3.05, 3.63) is 78.1 Å². The molecule has 4 aromatic rings. The van der Waals surface area contributed by atoms with Crippen LogP contribution in [0.15, 0.2) is 61.2 Å². The molecule has 17 heteroatoms. The number of piperidine rings is 3. The number of alkyl halides is 1. The van der Waals surface area contributed by atoms with E-state index in [2.05, 4.69) is 25.5 Å². The van der Waals surface area contributed by atoms with Crippen molar-refractivity contribution in [2.24, 2.45) is 11.7 Å². The van der Waals surface area contributed by atoms with E-state index in [1.807, 2.05) is 27.9 Å². The first-order valence-electron chi connectivity index (χ1n) is 20.2. The second kappa shape index (κ2) is 15.5. The molecule has 4 aliphatic heterocycles. The molecule has 1 aliphatic carbocycles. The van der Waals surface area contributed by atoms with Gasteiger partial charge in [0.05, 0.1) is 40.6 Å². The molecule has 4 fully saturated rings. The average molecular weight is 805 g/mol. The van der Waals surface area contributed by atoms with E-state index in [9.17, 15) is 24.0 Å². The van der Waals surface area contributed by atoms with Crippen LogP contribution in [0.25, 0.3) is 16.5 Å². The standard InChI is InChI=1S/C42H45FN10O6/c43-42(10-16-51(17-11-42)28-4-5-29-30(19-28)41(58)53(40(29)57)34-6-7-36(54)48-39(34)56)24-50-14-8-27(9-15-50)52-22-26-18-33(35(20-32(26)49-52)59-23-25-2-3-25)47-38(55)31(21-44)37-45-12-1-13-46-37/h1,4-5,12-13,18-22,25,27,34H,2-3,6-11,14-17,23-24,44H2,(H,47,55)(H,48,54,56)/b31-21+. The minimum absolute atomic E-state index is 0.0531. The molecule has 0 radical (unpaired) electrons. The third-order valence-electron chi connectivity index (χ3n) is 12.1. The molecule has 3 saturated heterocycles. The first-order valence-corrected chi connectivity index (χ1v) is 20.2. The van der Waals surface area contributed by atoms with E-state index < -0.39 is 41.2 Å². The summed E-state index contributed by atoms with van der Waals surface area (Å²) in [6.45, 7) is 3.20. The van der Waals surface area contributed by atoms with E-state index in [4.69, 9.17) is 15.6 Å². The molecule has 6 heterocycles. The van der Waals surface area contributed by atoms with E-state index in [1.165, 1.54) is 6.20 Å². The van der Waals surface area contributed by atoms with Crippen LogP contribution in [0.5, 0.6) is 5.75 Å². The topological polar surface area (TPSA) is 198 Å². The van der Waals surface area contributed by atoms with Crippen LogP contribution in [-0.4, -0.2) is 110 Å². The Morgan fingerprint density at radius 1 is 0.966 bits per heavy atom. The Morgan fingerprint density at radius 3 is 2.42 bits per heavy atom. The van der Waals surface area contributed by atoms with E-state index in [-0.39, 0.29) is 41.4 Å². The Morgan fingerprint density at radius 2 is 1.71 bits per heavy atom. The van der Waals surface area contributed by atoms with Crippen molar-refractivity contribution >= 4 is 57.4 Å². The van der Waals surface area contributed by atoms with Gasteiger partial charge in [0.2, 0.25) is 11.8 Å². The van der Waals surface area contributed by atoms with Gasteiger partial charge in [0, 0.05) is 93.9 Å². The molecule has 0 bridgehead atoms. The van der Waals surface area contributed by atoms with Crippen molar-refractivity contribution in [1.82, 2.24) is 34.9 Å². The zero-order valence-corrected chi connectivity index (χ0v) is 32.4. The number of imide groups is 2. The van der Waals surface area contributed by atoms with Gasteiger partial charge in [-0.15, -0.1) is 0 Å². The van der Waals surface area contributed by atoms with E-state index >= 15 is 4.39 Å². The van der Waals surface area contributed by atoms with Crippen LogP contribution < -0.4 is 26.0 Å². The third-order valence-corrected chi connectivity index (χ3v) is 12.1. The van der Waals surface area contributed by atoms with Gasteiger partial charge in [0.15, 0.2) is 5.82 Å². The van der Waals surface area contributed by atoms with Gasteiger partial charge in [-0.25, -0.2) is 14.4 Å². The number of likely N-dealkylation sites (tertiary alicyclic amines) is 1. The summed E-state index contributed by atoms with van der Waals surface area (Å²) in [5.74, 6) is -1.40. The van der Waals surface area contributed by atoms with Crippen LogP contribution in [0.3, 0.4) is 0 Å². The molecule has 306 valence electrons. The second-order valence-electron chi connectivity index (χ2n) is 16.2. The highest BCUT2D eigenvalue weighted by molar-refractivity contribution is 6.25. The van der Waals surface area contributed by atoms with Crippen molar-refractivity contribution in [2.45, 2.75) is 69.1 Å². The number of anilines is 2. The zero-order valence-electron chi connectivity index (χ0n) is 32.4. The van der Waals surface area contributed by atoms with Crippen molar-refractivity contribution in [3.8, 4) is 5.75 Å². The maximum Gasteiger partial charge on any atom is 0.262 e. The van der Waals surface area contributed by atoms with Crippen LogP contribution in [-0.2, 0) is 14.4 Å². The van der Waals surface area contributed by atoms with Gasteiger partial charge in [0.25, 0.3) is 17.7 Å². The first kappa shape index (κ1) is 38.3. The van der Waals surface area contributed by atoms with Crippen LogP contribution in [0.2, 0.25) is 0 Å². The van der Waals surface area contributed by atoms with Crippen molar-refractivity contribution < 1.29 is 33.1 Å². The number of ether oxygens (including phenoxy) is 1. The number of hydrogen-bond donors (Lipinski definition) is 3. The molecule has 1 saturated carbocycles. The molecule has 5 amide bonds. The molecule has 2 aromatic heterocycles. The summed E-state index contributed by atoms with van der Waals surface area (Å²) in [6, 6.07) is 9.50. The molecule has 1 atom stereocenters. The number of aromatic nitrogens is 4. The Kier molecular flexibility index (Phi) is 10.1. The lowest BCUT2D eigenvalue weighted by molar-refractivity contribution is -0.136. The number of nitrogens with two attached hydrogens (primary N) is 1. The third kappa shape index (κ3) is 7.73. The van der Waals surface area contributed by atoms with E-state index in [1.54, 1.807) is 36.7 Å². The summed E-state index contributed by atoms with van der Waals surface area (Å²) in [4.78, 5) is 77.5. The number of nitrogens with zero attached hydrogens (tertiary/aromatic N) is 7. The highest BCUT2D eigenvalue weighted by atomic mass is 19.1. The number of rotatable bonds is 11. The quantitative estimate of drug-likeness (QED) is 0.147. The number of carbonyl (C=O) groups is 5. The summed E-state index contributed by atoms with van der Waals surface area (Å²) in [6.07, 6.45) is 10.9. The fraction of sp³-hybridized carbons (Fsp3) is 0.429. The summed E-state index contributed by atoms with van der Waals surface area (Å²) in [5, 5.41) is 10.9. The van der Waals surface area contributed by atoms with Gasteiger partial charge in [-0.2, -0.15) is 5.10 Å². The average Bonchev–Trinajstić information content (AvgIpc) is 3.92. The fourth-order valence-electron chi connectivity index (χ4n) is 8.57. The van der Waals surface area contributed by atoms with Gasteiger partial charge in [0.1, 0.15) is 17.5 Å². The Bertz CT molecular complexity index is 2370. The molecule has 9 rings (SSSR count). The summed E-state index contributed by atoms with van der Waals surface area (Å²) in [5.41, 5.74) is 6.99. The minimum Gasteiger partial charge on any atom is -0.491 e. The van der Waals surface area contributed by atoms with Crippen LogP contribution in [0.4, 0.5) is 15.8 Å². The molecule has 4 N–H and O–H groups in total. The monoisotopic (exact) mass is 804 g/mol. The molecular formula is C42H45FN10O6. The molecule has 59 heavy (non-hydrogen) atoms. The second-order valence-corrected chi connectivity index (χ2v) is 16.2. The number of amides is 5. The largest absolute Gasteiger partial charge is 0.491 e. The Balaban J connectivity index is 0.810. The van der Waals surface area contributed by atoms with Gasteiger partial charge in [-0.1, -0.05) is 0 Å². The molecule has 16 nitrogen and oxygen atoms in total. The van der Waals surface area contributed by atoms with Crippen molar-refractivity contribution in [2.75, 3.05) is 49.5 Å². The molecular weight excluding hydrogens is 760 g/mol. The van der Waals surface area contributed by atoms with Gasteiger partial charge < -0.3 is 25.6 Å². The number of benzene rings is 2. The molecule has 2 aromatic carbocycles. The minimum atomic E-state index is -1.38. The highest BCUT2D eigenvalue weighted by Gasteiger charge is 2.45. The van der Waals surface area contributed by atoms with Crippen molar-refractivity contribution in [3.63, 3.8) is 0 Å². The number of nitrogens with one attached hydrogen (secondary N) is 2. The normalized spacial score (nSPS) is 21.5. The molecule has 1 unspecified atom stereocenters. The molecule has 0 spiro atoms. The Labute approximate surface area is 338 Å². The number of halogens is 1. The zero-order chi connectivity index (χ0) is 40.8. The van der Waals surface area contributed by atoms with Crippen LogP contribution >= 0.6 is 0 Å². The number of carbonyl (C=O) groups excluding carboxylic acids is 5. The summed E-state index contributed by atoms with van der Waals surface area (Å²) >= 11 is 0. The molecule has 5 aliphatic rings. The lowest BCUT2D eigenvalue weighted by atomic mass is 9.91. The number of fused-ring (bicyclic) bond motifs is 2. The van der Waals surface area contributed by atoms with E-state index in [0.29, 0.717) is 69.5 Å². The maximum absolute atomic E-state index is 16.4. The van der Waals surface area contributed by atoms with Crippen LogP contribution in [0, 0.1) is 5.92 Å². The fourth-order valence-corrected chi connectivity index (χ4v) is 8.57. The summed E-state index contributed by atoms with van der Waals surface area (Å²) < 4.78 is 24.6. The Hall–Kier alpha value is -6.23. The lowest BCUT2D eigenvalue weighted by Gasteiger charge is -2.42. The van der Waals surface area contributed by atoms with Crippen LogP contribution in [0.1, 0.15) is 83.9 Å². The predicted molar refractivity (Wildman–Crippen MR) is 214 cm³/mol. The first-order chi connectivity index (χ1) is 28.6. The van der Waals surface area contributed by atoms with Gasteiger partial charge in [-0.05, 0) is 68.4 Å². The lowest BCUT2D eigenvalue weighted by Crippen LogP contribution is -2.54. The van der Waals surface area contributed by atoms with Crippen molar-refractivity contribution in [1.29, 1.82) is 0 Å². The predicted octanol–water partition coefficient (Wildman–Crippen LogP) is 3.60. The van der Waals surface area contributed by atoms with Gasteiger partial charge >= 0.3 is 0 Å². The maximum atomic E-state index is 16.4. The highest BCUT2D eigenvalue weighted by Crippen LogP contribution is 2.38. The SMILES string of the molecule is N/C=C(/C(=O)Nc1cc2cn(C3CCN(CC4(F)CCN(c5ccc6c(c5)C(=O)N(C5CCC(=O)NC5=O)C6=O)CC4)CC3)nc2cc1OCC1CC1)c1ncccn1. The summed E-state index contributed by atoms with van der Waals surface area (Å²) in [7, 11) is 0. The van der Waals surface area contributed by atoms with Gasteiger partial charge in [-0.3, -0.25) is 38.9 Å².